The van der Waals surface area contributed by atoms with Gasteiger partial charge in [0.15, 0.2) is 0 Å². The highest BCUT2D eigenvalue weighted by atomic mass is 79.9. The van der Waals surface area contributed by atoms with Gasteiger partial charge in [0.1, 0.15) is 11.7 Å². The van der Waals surface area contributed by atoms with Crippen molar-refractivity contribution in [3.8, 4) is 6.07 Å². The summed E-state index contributed by atoms with van der Waals surface area (Å²) in [6.45, 7) is 5.58. The Labute approximate surface area is 151 Å². The summed E-state index contributed by atoms with van der Waals surface area (Å²) in [5.41, 5.74) is 1.03. The zero-order valence-corrected chi connectivity index (χ0v) is 15.9. The van der Waals surface area contributed by atoms with Gasteiger partial charge in [0, 0.05) is 16.6 Å². The molecule has 1 fully saturated rings. The lowest BCUT2D eigenvalue weighted by molar-refractivity contribution is 0.0492. The Kier molecular flexibility index (Phi) is 6.11. The van der Waals surface area contributed by atoms with Gasteiger partial charge in [-0.1, -0.05) is 15.9 Å². The molecule has 0 atom stereocenters. The monoisotopic (exact) mass is 393 g/mol. The largest absolute Gasteiger partial charge is 0.444 e. The van der Waals surface area contributed by atoms with Crippen molar-refractivity contribution >= 4 is 27.7 Å². The van der Waals surface area contributed by atoms with E-state index in [9.17, 15) is 10.1 Å². The van der Waals surface area contributed by atoms with E-state index < -0.39 is 5.60 Å². The maximum Gasteiger partial charge on any atom is 0.407 e. The topological polar surface area (TPSA) is 74.2 Å². The first-order valence-electron chi connectivity index (χ1n) is 8.22. The molecule has 6 heteroatoms. The van der Waals surface area contributed by atoms with Crippen LogP contribution in [-0.4, -0.2) is 23.8 Å². The summed E-state index contributed by atoms with van der Waals surface area (Å²) in [6, 6.07) is 8.35. The standard InChI is InChI=1S/C18H24BrN3O2/c1-18(2,3)24-17(23)22-15-7-5-14(6-8-15)21-16-9-4-13(19)10-12(16)11-20/h4,9-10,14-15,21H,5-8H2,1-3H3,(H,22,23). The Morgan fingerprint density at radius 1 is 1.25 bits per heavy atom. The number of nitrogens with zero attached hydrogens (tertiary/aromatic N) is 1. The van der Waals surface area contributed by atoms with Crippen LogP contribution in [0.25, 0.3) is 0 Å². The molecule has 0 unspecified atom stereocenters. The van der Waals surface area contributed by atoms with Crippen LogP contribution in [-0.2, 0) is 4.74 Å². The summed E-state index contributed by atoms with van der Waals surface area (Å²) in [6.07, 6.45) is 3.34. The molecule has 1 aromatic carbocycles. The van der Waals surface area contributed by atoms with Crippen molar-refractivity contribution < 1.29 is 9.53 Å². The van der Waals surface area contributed by atoms with Crippen LogP contribution in [0, 0.1) is 11.3 Å². The second-order valence-electron chi connectivity index (χ2n) is 7.14. The number of nitrogens with one attached hydrogen (secondary N) is 2. The molecule has 0 aliphatic heterocycles. The predicted molar refractivity (Wildman–Crippen MR) is 97.9 cm³/mol. The molecule has 2 rings (SSSR count). The van der Waals surface area contributed by atoms with Gasteiger partial charge in [0.25, 0.3) is 0 Å². The van der Waals surface area contributed by atoms with Gasteiger partial charge in [0.05, 0.1) is 11.3 Å². The van der Waals surface area contributed by atoms with E-state index in [1.807, 2.05) is 39.0 Å². The van der Waals surface area contributed by atoms with E-state index in [4.69, 9.17) is 4.74 Å². The number of rotatable bonds is 3. The summed E-state index contributed by atoms with van der Waals surface area (Å²) >= 11 is 3.38. The normalized spacial score (nSPS) is 20.8. The van der Waals surface area contributed by atoms with Gasteiger partial charge in [-0.05, 0) is 64.7 Å². The number of amides is 1. The van der Waals surface area contributed by atoms with Gasteiger partial charge < -0.3 is 15.4 Å². The van der Waals surface area contributed by atoms with Crippen molar-refractivity contribution in [3.05, 3.63) is 28.2 Å². The van der Waals surface area contributed by atoms with Gasteiger partial charge in [-0.3, -0.25) is 0 Å². The number of anilines is 1. The number of carbonyl (C=O) groups is 1. The lowest BCUT2D eigenvalue weighted by Crippen LogP contribution is -2.42. The number of alkyl carbamates (subject to hydrolysis) is 1. The summed E-state index contributed by atoms with van der Waals surface area (Å²) in [5, 5.41) is 15.6. The lowest BCUT2D eigenvalue weighted by Gasteiger charge is -2.31. The second-order valence-corrected chi connectivity index (χ2v) is 8.06. The lowest BCUT2D eigenvalue weighted by atomic mass is 9.91. The van der Waals surface area contributed by atoms with Crippen LogP contribution in [0.1, 0.15) is 52.0 Å². The third-order valence-electron chi connectivity index (χ3n) is 3.91. The van der Waals surface area contributed by atoms with Crippen molar-refractivity contribution in [2.45, 2.75) is 64.1 Å². The first kappa shape index (κ1) is 18.6. The molecule has 24 heavy (non-hydrogen) atoms. The average molecular weight is 394 g/mol. The summed E-state index contributed by atoms with van der Waals surface area (Å²) in [4.78, 5) is 11.8. The molecule has 0 radical (unpaired) electrons. The Hall–Kier alpha value is -1.74. The Bertz CT molecular complexity index is 626. The number of hydrogen-bond acceptors (Lipinski definition) is 4. The van der Waals surface area contributed by atoms with Gasteiger partial charge in [-0.25, -0.2) is 4.79 Å². The zero-order valence-electron chi connectivity index (χ0n) is 14.4. The van der Waals surface area contributed by atoms with Gasteiger partial charge in [0.2, 0.25) is 0 Å². The molecule has 0 spiro atoms. The molecule has 0 aromatic heterocycles. The molecule has 1 amide bonds. The van der Waals surface area contributed by atoms with Crippen LogP contribution < -0.4 is 10.6 Å². The molecule has 0 heterocycles. The van der Waals surface area contributed by atoms with Crippen molar-refractivity contribution in [2.75, 3.05) is 5.32 Å². The fraction of sp³-hybridized carbons (Fsp3) is 0.556. The van der Waals surface area contributed by atoms with Crippen LogP contribution >= 0.6 is 15.9 Å². The SMILES string of the molecule is CC(C)(C)OC(=O)NC1CCC(Nc2ccc(Br)cc2C#N)CC1. The maximum absolute atomic E-state index is 11.8. The summed E-state index contributed by atoms with van der Waals surface area (Å²) < 4.78 is 6.20. The van der Waals surface area contributed by atoms with Crippen LogP contribution in [0.15, 0.2) is 22.7 Å². The van der Waals surface area contributed by atoms with Crippen LogP contribution in [0.5, 0.6) is 0 Å². The predicted octanol–water partition coefficient (Wildman–Crippen LogP) is 4.57. The van der Waals surface area contributed by atoms with Gasteiger partial charge >= 0.3 is 6.09 Å². The van der Waals surface area contributed by atoms with Crippen LogP contribution in [0.4, 0.5) is 10.5 Å². The number of benzene rings is 1. The molecule has 0 saturated heterocycles. The Balaban J connectivity index is 1.83. The fourth-order valence-electron chi connectivity index (χ4n) is 2.81. The van der Waals surface area contributed by atoms with Crippen molar-refractivity contribution in [2.24, 2.45) is 0 Å². The molecule has 1 aromatic rings. The summed E-state index contributed by atoms with van der Waals surface area (Å²) in [5.74, 6) is 0. The van der Waals surface area contributed by atoms with Crippen molar-refractivity contribution in [1.82, 2.24) is 5.32 Å². The van der Waals surface area contributed by atoms with Crippen molar-refractivity contribution in [1.29, 1.82) is 5.26 Å². The molecule has 1 saturated carbocycles. The Morgan fingerprint density at radius 2 is 1.88 bits per heavy atom. The van der Waals surface area contributed by atoms with Crippen molar-refractivity contribution in [3.63, 3.8) is 0 Å². The minimum absolute atomic E-state index is 0.151. The molecule has 0 bridgehead atoms. The van der Waals surface area contributed by atoms with E-state index in [-0.39, 0.29) is 12.1 Å². The second kappa shape index (κ2) is 7.89. The highest BCUT2D eigenvalue weighted by Gasteiger charge is 2.25. The molecule has 1 aliphatic carbocycles. The average Bonchev–Trinajstić information content (AvgIpc) is 2.49. The third kappa shape index (κ3) is 5.72. The first-order valence-corrected chi connectivity index (χ1v) is 9.02. The molecular weight excluding hydrogens is 370 g/mol. The number of carbonyl (C=O) groups excluding carboxylic acids is 1. The smallest absolute Gasteiger partial charge is 0.407 e. The minimum Gasteiger partial charge on any atom is -0.444 e. The highest BCUT2D eigenvalue weighted by Crippen LogP contribution is 2.26. The molecule has 2 N–H and O–H groups in total. The number of halogens is 1. The maximum atomic E-state index is 11.8. The van der Waals surface area contributed by atoms with Crippen LogP contribution in [0.3, 0.4) is 0 Å². The molecular formula is C18H24BrN3O2. The zero-order chi connectivity index (χ0) is 17.7. The van der Waals surface area contributed by atoms with E-state index in [0.717, 1.165) is 35.8 Å². The van der Waals surface area contributed by atoms with E-state index in [0.29, 0.717) is 11.6 Å². The van der Waals surface area contributed by atoms with E-state index >= 15 is 0 Å². The highest BCUT2D eigenvalue weighted by molar-refractivity contribution is 9.10. The van der Waals surface area contributed by atoms with Gasteiger partial charge in [-0.15, -0.1) is 0 Å². The number of ether oxygens (including phenoxy) is 1. The van der Waals surface area contributed by atoms with E-state index in [2.05, 4.69) is 32.6 Å². The van der Waals surface area contributed by atoms with E-state index in [1.165, 1.54) is 0 Å². The number of hydrogen-bond donors (Lipinski definition) is 2. The minimum atomic E-state index is -0.474. The number of nitriles is 1. The summed E-state index contributed by atoms with van der Waals surface area (Å²) in [7, 11) is 0. The molecule has 5 nitrogen and oxygen atoms in total. The molecule has 1 aliphatic rings. The third-order valence-corrected chi connectivity index (χ3v) is 4.40. The van der Waals surface area contributed by atoms with Crippen LogP contribution in [0.2, 0.25) is 0 Å². The molecule has 130 valence electrons. The Morgan fingerprint density at radius 3 is 2.46 bits per heavy atom. The fourth-order valence-corrected chi connectivity index (χ4v) is 3.17. The first-order chi connectivity index (χ1) is 11.3. The van der Waals surface area contributed by atoms with Gasteiger partial charge in [-0.2, -0.15) is 5.26 Å². The van der Waals surface area contributed by atoms with E-state index in [1.54, 1.807) is 0 Å². The quantitative estimate of drug-likeness (QED) is 0.788.